The molecule has 0 aliphatic carbocycles. The average molecular weight is 456 g/mol. The summed E-state index contributed by atoms with van der Waals surface area (Å²) in [4.78, 5) is 7.31. The van der Waals surface area contributed by atoms with Crippen LogP contribution in [-0.2, 0) is 9.47 Å². The summed E-state index contributed by atoms with van der Waals surface area (Å²) in [5.74, 6) is 1.49. The Bertz CT molecular complexity index is 324. The molecule has 0 radical (unpaired) electrons. The second-order valence-electron chi connectivity index (χ2n) is 6.16. The Balaban J connectivity index is 0.00000529. The molecule has 0 aromatic rings. The number of nitrogens with zero attached hydrogens (tertiary/aromatic N) is 2. The molecular formula is C17H37IN4O2. The number of guanidine groups is 1. The van der Waals surface area contributed by atoms with Crippen molar-refractivity contribution >= 4 is 29.9 Å². The first-order valence-electron chi connectivity index (χ1n) is 9.10. The Morgan fingerprint density at radius 3 is 2.50 bits per heavy atom. The maximum atomic E-state index is 5.47. The normalized spacial score (nSPS) is 17.5. The molecule has 1 fully saturated rings. The minimum atomic E-state index is 0. The standard InChI is InChI=1S/C17H36N4O2.HI/c1-5-18-17(19-8-7-11-22-6-2)20-14-16(15(3)4)21-9-12-23-13-10-21;/h15-16H,5-14H2,1-4H3,(H2,18,19,20);1H. The number of aliphatic imine (C=N–C) groups is 1. The number of rotatable bonds is 10. The Kier molecular flexibility index (Phi) is 15.1. The van der Waals surface area contributed by atoms with Crippen LogP contribution in [-0.4, -0.2) is 76.1 Å². The van der Waals surface area contributed by atoms with Gasteiger partial charge in [-0.1, -0.05) is 13.8 Å². The van der Waals surface area contributed by atoms with Gasteiger partial charge in [-0.3, -0.25) is 9.89 Å². The predicted molar refractivity (Wildman–Crippen MR) is 112 cm³/mol. The van der Waals surface area contributed by atoms with Crippen molar-refractivity contribution in [3.63, 3.8) is 0 Å². The Morgan fingerprint density at radius 1 is 1.21 bits per heavy atom. The minimum absolute atomic E-state index is 0. The molecular weight excluding hydrogens is 419 g/mol. The fourth-order valence-electron chi connectivity index (χ4n) is 2.71. The van der Waals surface area contributed by atoms with E-state index in [2.05, 4.69) is 36.3 Å². The highest BCUT2D eigenvalue weighted by molar-refractivity contribution is 14.0. The summed E-state index contributed by atoms with van der Waals surface area (Å²) < 4.78 is 10.8. The van der Waals surface area contributed by atoms with Crippen molar-refractivity contribution in [3.8, 4) is 0 Å². The summed E-state index contributed by atoms with van der Waals surface area (Å²) in [5.41, 5.74) is 0. The van der Waals surface area contributed by atoms with Crippen LogP contribution < -0.4 is 10.6 Å². The van der Waals surface area contributed by atoms with E-state index < -0.39 is 0 Å². The van der Waals surface area contributed by atoms with Gasteiger partial charge in [-0.25, -0.2) is 0 Å². The van der Waals surface area contributed by atoms with E-state index in [1.54, 1.807) is 0 Å². The van der Waals surface area contributed by atoms with Gasteiger partial charge in [-0.2, -0.15) is 0 Å². The van der Waals surface area contributed by atoms with Crippen LogP contribution in [0.5, 0.6) is 0 Å². The van der Waals surface area contributed by atoms with Crippen LogP contribution in [0.2, 0.25) is 0 Å². The fraction of sp³-hybridized carbons (Fsp3) is 0.941. The molecule has 1 saturated heterocycles. The third-order valence-electron chi connectivity index (χ3n) is 4.03. The number of morpholine rings is 1. The highest BCUT2D eigenvalue weighted by Gasteiger charge is 2.23. The zero-order chi connectivity index (χ0) is 16.9. The molecule has 0 aromatic heterocycles. The van der Waals surface area contributed by atoms with Gasteiger partial charge < -0.3 is 20.1 Å². The number of halogens is 1. The van der Waals surface area contributed by atoms with E-state index in [1.807, 2.05) is 6.92 Å². The number of hydrogen-bond acceptors (Lipinski definition) is 4. The van der Waals surface area contributed by atoms with E-state index >= 15 is 0 Å². The van der Waals surface area contributed by atoms with Crippen molar-refractivity contribution < 1.29 is 9.47 Å². The lowest BCUT2D eigenvalue weighted by Crippen LogP contribution is -2.48. The van der Waals surface area contributed by atoms with Crippen LogP contribution in [0.3, 0.4) is 0 Å². The van der Waals surface area contributed by atoms with Crippen molar-refractivity contribution in [2.75, 3.05) is 59.2 Å². The molecule has 1 aliphatic rings. The van der Waals surface area contributed by atoms with Crippen molar-refractivity contribution in [2.24, 2.45) is 10.9 Å². The second kappa shape index (κ2) is 15.2. The highest BCUT2D eigenvalue weighted by atomic mass is 127. The molecule has 1 aliphatic heterocycles. The lowest BCUT2D eigenvalue weighted by molar-refractivity contribution is 0.00867. The van der Waals surface area contributed by atoms with E-state index in [0.717, 1.165) is 71.5 Å². The van der Waals surface area contributed by atoms with Gasteiger partial charge >= 0.3 is 0 Å². The molecule has 1 rings (SSSR count). The van der Waals surface area contributed by atoms with E-state index in [0.29, 0.717) is 12.0 Å². The molecule has 0 saturated carbocycles. The first kappa shape index (κ1) is 23.9. The summed E-state index contributed by atoms with van der Waals surface area (Å²) in [6.07, 6.45) is 0.995. The van der Waals surface area contributed by atoms with Crippen LogP contribution in [0.4, 0.5) is 0 Å². The molecule has 1 heterocycles. The molecule has 0 bridgehead atoms. The van der Waals surface area contributed by atoms with E-state index in [4.69, 9.17) is 14.5 Å². The molecule has 1 unspecified atom stereocenters. The average Bonchev–Trinajstić information content (AvgIpc) is 2.55. The SMILES string of the molecule is CCNC(=NCC(C(C)C)N1CCOCC1)NCCCOCC.I. The highest BCUT2D eigenvalue weighted by Crippen LogP contribution is 2.13. The fourth-order valence-corrected chi connectivity index (χ4v) is 2.71. The van der Waals surface area contributed by atoms with Gasteiger partial charge in [0.2, 0.25) is 0 Å². The van der Waals surface area contributed by atoms with Gasteiger partial charge in [-0.15, -0.1) is 24.0 Å². The van der Waals surface area contributed by atoms with Crippen LogP contribution in [0.15, 0.2) is 4.99 Å². The predicted octanol–water partition coefficient (Wildman–Crippen LogP) is 1.94. The molecule has 6 nitrogen and oxygen atoms in total. The monoisotopic (exact) mass is 456 g/mol. The largest absolute Gasteiger partial charge is 0.382 e. The lowest BCUT2D eigenvalue weighted by Gasteiger charge is -2.36. The number of hydrogen-bond donors (Lipinski definition) is 2. The van der Waals surface area contributed by atoms with Gasteiger partial charge in [0, 0.05) is 45.4 Å². The summed E-state index contributed by atoms with van der Waals surface area (Å²) in [6.45, 7) is 16.5. The van der Waals surface area contributed by atoms with Gasteiger partial charge in [0.25, 0.3) is 0 Å². The van der Waals surface area contributed by atoms with Crippen molar-refractivity contribution in [2.45, 2.75) is 40.2 Å². The molecule has 0 spiro atoms. The maximum absolute atomic E-state index is 5.47. The molecule has 0 amide bonds. The van der Waals surface area contributed by atoms with Crippen LogP contribution >= 0.6 is 24.0 Å². The van der Waals surface area contributed by atoms with Crippen LogP contribution in [0, 0.1) is 5.92 Å². The quantitative estimate of drug-likeness (QED) is 0.228. The zero-order valence-electron chi connectivity index (χ0n) is 15.8. The smallest absolute Gasteiger partial charge is 0.191 e. The molecule has 1 atom stereocenters. The third-order valence-corrected chi connectivity index (χ3v) is 4.03. The molecule has 144 valence electrons. The number of nitrogens with one attached hydrogen (secondary N) is 2. The topological polar surface area (TPSA) is 58.1 Å². The maximum Gasteiger partial charge on any atom is 0.191 e. The second-order valence-corrected chi connectivity index (χ2v) is 6.16. The molecule has 2 N–H and O–H groups in total. The Hall–Kier alpha value is -0.120. The first-order chi connectivity index (χ1) is 11.2. The Morgan fingerprint density at radius 2 is 1.92 bits per heavy atom. The first-order valence-corrected chi connectivity index (χ1v) is 9.10. The third kappa shape index (κ3) is 10.0. The van der Waals surface area contributed by atoms with Crippen molar-refractivity contribution in [1.82, 2.24) is 15.5 Å². The van der Waals surface area contributed by atoms with E-state index in [1.165, 1.54) is 0 Å². The minimum Gasteiger partial charge on any atom is -0.382 e. The molecule has 7 heteroatoms. The summed E-state index contributed by atoms with van der Waals surface area (Å²) in [7, 11) is 0. The van der Waals surface area contributed by atoms with E-state index in [9.17, 15) is 0 Å². The van der Waals surface area contributed by atoms with Crippen LogP contribution in [0.1, 0.15) is 34.1 Å². The van der Waals surface area contributed by atoms with E-state index in [-0.39, 0.29) is 24.0 Å². The van der Waals surface area contributed by atoms with Gasteiger partial charge in [0.15, 0.2) is 5.96 Å². The molecule has 24 heavy (non-hydrogen) atoms. The molecule has 0 aromatic carbocycles. The Labute approximate surface area is 165 Å². The summed E-state index contributed by atoms with van der Waals surface area (Å²) in [5, 5.41) is 6.72. The lowest BCUT2D eigenvalue weighted by atomic mass is 10.0. The van der Waals surface area contributed by atoms with Crippen molar-refractivity contribution in [1.29, 1.82) is 0 Å². The van der Waals surface area contributed by atoms with Crippen molar-refractivity contribution in [3.05, 3.63) is 0 Å². The summed E-state index contributed by atoms with van der Waals surface area (Å²) in [6, 6.07) is 0.470. The van der Waals surface area contributed by atoms with Gasteiger partial charge in [0.05, 0.1) is 19.8 Å². The van der Waals surface area contributed by atoms with Gasteiger partial charge in [0.1, 0.15) is 0 Å². The zero-order valence-corrected chi connectivity index (χ0v) is 18.2. The number of ether oxygens (including phenoxy) is 2. The van der Waals surface area contributed by atoms with Crippen LogP contribution in [0.25, 0.3) is 0 Å². The summed E-state index contributed by atoms with van der Waals surface area (Å²) >= 11 is 0. The van der Waals surface area contributed by atoms with Gasteiger partial charge in [-0.05, 0) is 26.2 Å².